The lowest BCUT2D eigenvalue weighted by molar-refractivity contribution is -0.120. The van der Waals surface area contributed by atoms with E-state index in [9.17, 15) is 4.79 Å². The van der Waals surface area contributed by atoms with E-state index in [2.05, 4.69) is 45.3 Å². The number of ether oxygens (including phenoxy) is 2. The maximum Gasteiger partial charge on any atom is 0.227 e. The first-order valence-corrected chi connectivity index (χ1v) is 10.7. The predicted octanol–water partition coefficient (Wildman–Crippen LogP) is 4.32. The number of nitrogens with zero attached hydrogens (tertiary/aromatic N) is 3. The van der Waals surface area contributed by atoms with Crippen molar-refractivity contribution < 1.29 is 14.3 Å². The highest BCUT2D eigenvalue weighted by Gasteiger charge is 2.26. The molecule has 1 aliphatic rings. The van der Waals surface area contributed by atoms with Crippen molar-refractivity contribution in [3.8, 4) is 22.8 Å². The van der Waals surface area contributed by atoms with Crippen molar-refractivity contribution in [2.75, 3.05) is 37.5 Å². The van der Waals surface area contributed by atoms with Crippen molar-refractivity contribution in [1.82, 2.24) is 9.97 Å². The molecule has 4 rings (SSSR count). The lowest BCUT2D eigenvalue weighted by atomic mass is 9.95. The molecular weight excluding hydrogens is 404 g/mol. The lowest BCUT2D eigenvalue weighted by Gasteiger charge is -2.32. The zero-order chi connectivity index (χ0) is 22.5. The topological polar surface area (TPSA) is 76.6 Å². The number of piperidine rings is 1. The van der Waals surface area contributed by atoms with E-state index in [0.29, 0.717) is 17.2 Å². The molecule has 2 heterocycles. The SMILES string of the molecule is COc1ccc(NC(=O)C2CCN(c3cc(-c4cccc(C)c4)ncn3)CC2)cc1OC. The van der Waals surface area contributed by atoms with Crippen molar-refractivity contribution in [1.29, 1.82) is 0 Å². The molecule has 0 radical (unpaired) electrons. The van der Waals surface area contributed by atoms with Gasteiger partial charge in [-0.3, -0.25) is 4.79 Å². The number of hydrogen-bond donors (Lipinski definition) is 1. The molecule has 3 aromatic rings. The van der Waals surface area contributed by atoms with Crippen LogP contribution in [-0.4, -0.2) is 43.2 Å². The molecule has 166 valence electrons. The third kappa shape index (κ3) is 4.82. The fourth-order valence-electron chi connectivity index (χ4n) is 4.01. The monoisotopic (exact) mass is 432 g/mol. The molecule has 0 spiro atoms. The molecule has 1 aromatic heterocycles. The summed E-state index contributed by atoms with van der Waals surface area (Å²) in [6.07, 6.45) is 3.15. The normalized spacial score (nSPS) is 14.2. The van der Waals surface area contributed by atoms with Crippen LogP contribution in [0.3, 0.4) is 0 Å². The highest BCUT2D eigenvalue weighted by Crippen LogP contribution is 2.31. The Morgan fingerprint density at radius 1 is 1.00 bits per heavy atom. The minimum absolute atomic E-state index is 0.0278. The average molecular weight is 433 g/mol. The number of aryl methyl sites for hydroxylation is 1. The van der Waals surface area contributed by atoms with Crippen molar-refractivity contribution >= 4 is 17.4 Å². The largest absolute Gasteiger partial charge is 0.493 e. The number of benzene rings is 2. The van der Waals surface area contributed by atoms with Crippen LogP contribution in [0.25, 0.3) is 11.3 Å². The van der Waals surface area contributed by atoms with Crippen LogP contribution < -0.4 is 19.7 Å². The van der Waals surface area contributed by atoms with Crippen molar-refractivity contribution in [3.05, 3.63) is 60.4 Å². The number of anilines is 2. The number of carbonyl (C=O) groups excluding carboxylic acids is 1. The van der Waals surface area contributed by atoms with Crippen LogP contribution in [0.15, 0.2) is 54.9 Å². The molecule has 32 heavy (non-hydrogen) atoms. The summed E-state index contributed by atoms with van der Waals surface area (Å²) in [6.45, 7) is 3.62. The molecule has 1 saturated heterocycles. The predicted molar refractivity (Wildman–Crippen MR) is 125 cm³/mol. The van der Waals surface area contributed by atoms with Gasteiger partial charge in [-0.2, -0.15) is 0 Å². The number of nitrogens with one attached hydrogen (secondary N) is 1. The molecule has 2 aromatic carbocycles. The number of aromatic nitrogens is 2. The second-order valence-electron chi connectivity index (χ2n) is 7.95. The van der Waals surface area contributed by atoms with Crippen LogP contribution in [0.2, 0.25) is 0 Å². The quantitative estimate of drug-likeness (QED) is 0.625. The number of rotatable bonds is 6. The van der Waals surface area contributed by atoms with E-state index in [4.69, 9.17) is 9.47 Å². The molecule has 0 bridgehead atoms. The molecule has 7 nitrogen and oxygen atoms in total. The zero-order valence-electron chi connectivity index (χ0n) is 18.7. The minimum atomic E-state index is -0.0440. The third-order valence-electron chi connectivity index (χ3n) is 5.81. The number of amides is 1. The van der Waals surface area contributed by atoms with Crippen LogP contribution in [0.5, 0.6) is 11.5 Å². The Balaban J connectivity index is 1.38. The molecule has 0 saturated carbocycles. The van der Waals surface area contributed by atoms with E-state index in [0.717, 1.165) is 43.0 Å². The van der Waals surface area contributed by atoms with Crippen molar-refractivity contribution in [2.45, 2.75) is 19.8 Å². The van der Waals surface area contributed by atoms with Gasteiger partial charge in [0.2, 0.25) is 5.91 Å². The summed E-state index contributed by atoms with van der Waals surface area (Å²) in [5.41, 5.74) is 3.89. The zero-order valence-corrected chi connectivity index (χ0v) is 18.7. The molecule has 0 atom stereocenters. The van der Waals surface area contributed by atoms with E-state index >= 15 is 0 Å². The average Bonchev–Trinajstić information content (AvgIpc) is 2.84. The van der Waals surface area contributed by atoms with Gasteiger partial charge < -0.3 is 19.7 Å². The summed E-state index contributed by atoms with van der Waals surface area (Å²) >= 11 is 0. The van der Waals surface area contributed by atoms with E-state index in [-0.39, 0.29) is 11.8 Å². The number of carbonyl (C=O) groups is 1. The molecule has 1 aliphatic heterocycles. The van der Waals surface area contributed by atoms with Crippen LogP contribution in [-0.2, 0) is 4.79 Å². The van der Waals surface area contributed by atoms with Crippen LogP contribution in [0, 0.1) is 12.8 Å². The third-order valence-corrected chi connectivity index (χ3v) is 5.81. The van der Waals surface area contributed by atoms with E-state index in [1.54, 1.807) is 32.7 Å². The first kappa shape index (κ1) is 21.6. The van der Waals surface area contributed by atoms with Gasteiger partial charge in [0.05, 0.1) is 19.9 Å². The van der Waals surface area contributed by atoms with Gasteiger partial charge in [0.1, 0.15) is 12.1 Å². The Kier molecular flexibility index (Phi) is 6.54. The standard InChI is InChI=1S/C25H28N4O3/c1-17-5-4-6-19(13-17)21-15-24(27-16-26-21)29-11-9-18(10-12-29)25(30)28-20-7-8-22(31-2)23(14-20)32-3/h4-8,13-16,18H,9-12H2,1-3H3,(H,28,30). The molecule has 1 amide bonds. The molecule has 0 unspecified atom stereocenters. The molecule has 7 heteroatoms. The van der Waals surface area contributed by atoms with E-state index < -0.39 is 0 Å². The summed E-state index contributed by atoms with van der Waals surface area (Å²) in [4.78, 5) is 23.9. The summed E-state index contributed by atoms with van der Waals surface area (Å²) in [5.74, 6) is 2.11. The highest BCUT2D eigenvalue weighted by molar-refractivity contribution is 5.93. The molecular formula is C25H28N4O3. The van der Waals surface area contributed by atoms with Crippen LogP contribution in [0.1, 0.15) is 18.4 Å². The number of hydrogen-bond acceptors (Lipinski definition) is 6. The Hall–Kier alpha value is -3.61. The van der Waals surface area contributed by atoms with E-state index in [1.165, 1.54) is 5.56 Å². The van der Waals surface area contributed by atoms with Crippen LogP contribution >= 0.6 is 0 Å². The molecule has 1 fully saturated rings. The van der Waals surface area contributed by atoms with E-state index in [1.807, 2.05) is 18.2 Å². The second kappa shape index (κ2) is 9.68. The first-order chi connectivity index (χ1) is 15.6. The van der Waals surface area contributed by atoms with Gasteiger partial charge in [-0.1, -0.05) is 23.8 Å². The fraction of sp³-hybridized carbons (Fsp3) is 0.320. The summed E-state index contributed by atoms with van der Waals surface area (Å²) in [6, 6.07) is 15.7. The van der Waals surface area contributed by atoms with Gasteiger partial charge >= 0.3 is 0 Å². The number of methoxy groups -OCH3 is 2. The Labute approximate surface area is 188 Å². The van der Waals surface area contributed by atoms with Crippen LogP contribution in [0.4, 0.5) is 11.5 Å². The summed E-state index contributed by atoms with van der Waals surface area (Å²) in [5, 5.41) is 3.01. The second-order valence-corrected chi connectivity index (χ2v) is 7.95. The fourth-order valence-corrected chi connectivity index (χ4v) is 4.01. The molecule has 1 N–H and O–H groups in total. The highest BCUT2D eigenvalue weighted by atomic mass is 16.5. The lowest BCUT2D eigenvalue weighted by Crippen LogP contribution is -2.38. The maximum absolute atomic E-state index is 12.8. The summed E-state index contributed by atoms with van der Waals surface area (Å²) < 4.78 is 10.6. The smallest absolute Gasteiger partial charge is 0.227 e. The summed E-state index contributed by atoms with van der Waals surface area (Å²) in [7, 11) is 3.17. The Morgan fingerprint density at radius 3 is 2.50 bits per heavy atom. The van der Waals surface area contributed by atoms with Gasteiger partial charge in [0, 0.05) is 42.4 Å². The first-order valence-electron chi connectivity index (χ1n) is 10.7. The molecule has 0 aliphatic carbocycles. The van der Waals surface area contributed by atoms with Gasteiger partial charge in [0.15, 0.2) is 11.5 Å². The van der Waals surface area contributed by atoms with Gasteiger partial charge in [-0.15, -0.1) is 0 Å². The van der Waals surface area contributed by atoms with Gasteiger partial charge in [-0.25, -0.2) is 9.97 Å². The minimum Gasteiger partial charge on any atom is -0.493 e. The van der Waals surface area contributed by atoms with Crippen molar-refractivity contribution in [3.63, 3.8) is 0 Å². The Morgan fingerprint density at radius 2 is 1.78 bits per heavy atom. The van der Waals surface area contributed by atoms with Gasteiger partial charge in [0.25, 0.3) is 0 Å². The van der Waals surface area contributed by atoms with Crippen molar-refractivity contribution in [2.24, 2.45) is 5.92 Å². The Bertz CT molecular complexity index is 1090. The van der Waals surface area contributed by atoms with Gasteiger partial charge in [-0.05, 0) is 38.0 Å². The maximum atomic E-state index is 12.8.